The summed E-state index contributed by atoms with van der Waals surface area (Å²) in [4.78, 5) is 60.9. The van der Waals surface area contributed by atoms with E-state index in [4.69, 9.17) is 18.4 Å². The van der Waals surface area contributed by atoms with Crippen LogP contribution in [0.5, 0.6) is 5.75 Å². The molecule has 59 heavy (non-hydrogen) atoms. The number of amides is 1. The van der Waals surface area contributed by atoms with Crippen molar-refractivity contribution in [2.75, 3.05) is 19.0 Å². The second-order valence-corrected chi connectivity index (χ2v) is 15.0. The molecule has 4 aromatic carbocycles. The average Bonchev–Trinajstić information content (AvgIpc) is 3.85. The minimum Gasteiger partial charge on any atom is -0.497 e. The average molecular weight is 821 g/mol. The summed E-state index contributed by atoms with van der Waals surface area (Å²) in [6, 6.07) is 31.1. The van der Waals surface area contributed by atoms with Gasteiger partial charge in [-0.05, 0) is 40.5 Å². The SMILES string of the molecule is COc1ccc(C(SOCc2ccc([N+](=O)[O-])cc2C(=O)OC[C@H]2O[C@@H](n3cnc4c(=O)[nH]c(NC(=O)C(C)C)nc43)CC2O)(c2ccccc2)c2ccccc2)cc1. The molecule has 1 aliphatic rings. The van der Waals surface area contributed by atoms with Crippen LogP contribution in [0.4, 0.5) is 11.6 Å². The topological polar surface area (TPSA) is 210 Å². The number of aromatic nitrogens is 4. The van der Waals surface area contributed by atoms with Gasteiger partial charge in [-0.25, -0.2) is 9.78 Å². The molecule has 16 nitrogen and oxygen atoms in total. The fourth-order valence-electron chi connectivity index (χ4n) is 6.72. The van der Waals surface area contributed by atoms with Gasteiger partial charge in [0.25, 0.3) is 11.2 Å². The molecule has 1 unspecified atom stereocenters. The smallest absolute Gasteiger partial charge is 0.338 e. The van der Waals surface area contributed by atoms with Crippen molar-refractivity contribution in [3.8, 4) is 5.75 Å². The Morgan fingerprint density at radius 2 is 1.69 bits per heavy atom. The Morgan fingerprint density at radius 3 is 2.32 bits per heavy atom. The molecule has 1 amide bonds. The number of H-pyrrole nitrogens is 1. The number of aliphatic hydroxyl groups excluding tert-OH is 1. The van der Waals surface area contributed by atoms with Crippen LogP contribution in [0.3, 0.4) is 0 Å². The molecule has 17 heteroatoms. The highest BCUT2D eigenvalue weighted by molar-refractivity contribution is 7.96. The molecule has 2 aromatic heterocycles. The standard InChI is InChI=1S/C42H40N6O10S/c1-25(2)38(50)45-41-44-37-36(39(51)46-41)43-24-47(37)35-21-33(49)34(58-35)23-56-40(52)32-20-30(48(53)54)17-14-26(32)22-57-59-42(27-10-6-4-7-11-27,28-12-8-5-9-13-28)29-15-18-31(55-3)19-16-29/h4-20,24-25,33-35,49H,21-23H2,1-3H3,(H2,44,45,46,50,51)/t33?,34-,35-/m1/s1. The van der Waals surface area contributed by atoms with Gasteiger partial charge in [0.1, 0.15) is 29.4 Å². The van der Waals surface area contributed by atoms with Crippen molar-refractivity contribution in [1.29, 1.82) is 0 Å². The minimum atomic E-state index is -1.11. The normalized spacial score (nSPS) is 16.6. The number of nitrogens with zero attached hydrogens (tertiary/aromatic N) is 4. The van der Waals surface area contributed by atoms with Crippen LogP contribution in [-0.4, -0.2) is 67.3 Å². The minimum absolute atomic E-state index is 0.00660. The molecule has 3 N–H and O–H groups in total. The van der Waals surface area contributed by atoms with Gasteiger partial charge in [0.15, 0.2) is 11.2 Å². The van der Waals surface area contributed by atoms with Crippen molar-refractivity contribution >= 4 is 46.7 Å². The number of aromatic amines is 1. The van der Waals surface area contributed by atoms with Gasteiger partial charge in [-0.15, -0.1) is 0 Å². The summed E-state index contributed by atoms with van der Waals surface area (Å²) in [6.07, 6.45) is -1.63. The molecule has 1 saturated heterocycles. The van der Waals surface area contributed by atoms with Crippen molar-refractivity contribution in [3.63, 3.8) is 0 Å². The molecule has 3 atom stereocenters. The van der Waals surface area contributed by atoms with Crippen LogP contribution in [-0.2, 0) is 29.8 Å². The van der Waals surface area contributed by atoms with E-state index >= 15 is 0 Å². The monoisotopic (exact) mass is 820 g/mol. The molecule has 1 fully saturated rings. The highest BCUT2D eigenvalue weighted by Crippen LogP contribution is 2.49. The predicted molar refractivity (Wildman–Crippen MR) is 218 cm³/mol. The van der Waals surface area contributed by atoms with Gasteiger partial charge in [-0.3, -0.25) is 34.6 Å². The summed E-state index contributed by atoms with van der Waals surface area (Å²) >= 11 is 1.17. The number of hydrogen-bond acceptors (Lipinski definition) is 13. The van der Waals surface area contributed by atoms with Crippen molar-refractivity contribution < 1.29 is 38.0 Å². The predicted octanol–water partition coefficient (Wildman–Crippen LogP) is 6.29. The Balaban J connectivity index is 1.10. The first kappa shape index (κ1) is 40.8. The molecule has 6 aromatic rings. The fourth-order valence-corrected chi connectivity index (χ4v) is 7.78. The zero-order valence-electron chi connectivity index (χ0n) is 32.1. The Kier molecular flexibility index (Phi) is 12.2. The lowest BCUT2D eigenvalue weighted by atomic mass is 9.84. The number of hydrogen-bond donors (Lipinski definition) is 3. The van der Waals surface area contributed by atoms with Gasteiger partial charge in [0.2, 0.25) is 11.9 Å². The lowest BCUT2D eigenvalue weighted by Gasteiger charge is -2.34. The van der Waals surface area contributed by atoms with Gasteiger partial charge in [0.05, 0.1) is 36.6 Å². The first-order valence-electron chi connectivity index (χ1n) is 18.6. The zero-order valence-corrected chi connectivity index (χ0v) is 33.0. The number of anilines is 1. The van der Waals surface area contributed by atoms with Crippen molar-refractivity contribution in [2.45, 2.75) is 50.1 Å². The Bertz CT molecular complexity index is 2470. The van der Waals surface area contributed by atoms with E-state index in [1.807, 2.05) is 84.9 Å². The summed E-state index contributed by atoms with van der Waals surface area (Å²) < 4.78 is 24.1. The molecule has 0 bridgehead atoms. The first-order chi connectivity index (χ1) is 28.5. The molecule has 304 valence electrons. The first-order valence-corrected chi connectivity index (χ1v) is 19.3. The van der Waals surface area contributed by atoms with Gasteiger partial charge >= 0.3 is 5.97 Å². The van der Waals surface area contributed by atoms with Gasteiger partial charge in [-0.1, -0.05) is 86.6 Å². The summed E-state index contributed by atoms with van der Waals surface area (Å²) in [5.74, 6) is -1.01. The van der Waals surface area contributed by atoms with E-state index in [1.165, 1.54) is 35.1 Å². The molecular weight excluding hydrogens is 781 g/mol. The quantitative estimate of drug-likeness (QED) is 0.0342. The highest BCUT2D eigenvalue weighted by atomic mass is 32.2. The molecule has 0 aliphatic carbocycles. The van der Waals surface area contributed by atoms with Crippen LogP contribution in [0, 0.1) is 16.0 Å². The van der Waals surface area contributed by atoms with Crippen molar-refractivity contribution in [3.05, 3.63) is 158 Å². The van der Waals surface area contributed by atoms with E-state index in [1.54, 1.807) is 21.0 Å². The number of nitro benzene ring substituents is 1. The number of nitro groups is 1. The number of imidazole rings is 1. The number of aliphatic hydroxyl groups is 1. The van der Waals surface area contributed by atoms with E-state index in [9.17, 15) is 29.6 Å². The molecule has 0 radical (unpaired) electrons. The van der Waals surface area contributed by atoms with Crippen molar-refractivity contribution in [1.82, 2.24) is 19.5 Å². The lowest BCUT2D eigenvalue weighted by Crippen LogP contribution is -2.28. The van der Waals surface area contributed by atoms with Crippen LogP contribution >= 0.6 is 12.0 Å². The molecule has 0 spiro atoms. The third-order valence-corrected chi connectivity index (χ3v) is 11.1. The Hall–Kier alpha value is -6.40. The Morgan fingerprint density at radius 1 is 1.03 bits per heavy atom. The highest BCUT2D eigenvalue weighted by Gasteiger charge is 2.40. The van der Waals surface area contributed by atoms with Gasteiger partial charge < -0.3 is 23.5 Å². The zero-order chi connectivity index (χ0) is 41.7. The van der Waals surface area contributed by atoms with Crippen LogP contribution in [0.2, 0.25) is 0 Å². The van der Waals surface area contributed by atoms with Crippen molar-refractivity contribution in [2.24, 2.45) is 5.92 Å². The number of fused-ring (bicyclic) bond motifs is 1. The number of ether oxygens (including phenoxy) is 3. The molecule has 3 heterocycles. The number of carbonyl (C=O) groups excluding carboxylic acids is 2. The number of esters is 1. The molecular formula is C42H40N6O10S. The fraction of sp³-hybridized carbons (Fsp3) is 0.262. The number of carbonyl (C=O) groups is 2. The summed E-state index contributed by atoms with van der Waals surface area (Å²) in [5, 5.41) is 25.3. The maximum absolute atomic E-state index is 13.7. The van der Waals surface area contributed by atoms with E-state index in [0.29, 0.717) is 11.3 Å². The van der Waals surface area contributed by atoms with E-state index in [0.717, 1.165) is 22.8 Å². The van der Waals surface area contributed by atoms with E-state index < -0.39 is 46.2 Å². The number of benzene rings is 4. The van der Waals surface area contributed by atoms with Crippen LogP contribution < -0.4 is 15.6 Å². The van der Waals surface area contributed by atoms with Crippen LogP contribution in [0.25, 0.3) is 11.2 Å². The number of non-ortho nitro benzene ring substituents is 1. The van der Waals surface area contributed by atoms with Crippen LogP contribution in [0.1, 0.15) is 59.1 Å². The summed E-state index contributed by atoms with van der Waals surface area (Å²) in [5.41, 5.74) is 2.14. The third kappa shape index (κ3) is 8.59. The molecule has 1 aliphatic heterocycles. The number of methoxy groups -OCH3 is 1. The Labute approximate surface area is 341 Å². The van der Waals surface area contributed by atoms with Crippen LogP contribution in [0.15, 0.2) is 114 Å². The maximum Gasteiger partial charge on any atom is 0.338 e. The third-order valence-electron chi connectivity index (χ3n) is 9.87. The van der Waals surface area contributed by atoms with E-state index in [-0.39, 0.29) is 53.2 Å². The maximum atomic E-state index is 13.7. The largest absolute Gasteiger partial charge is 0.497 e. The molecule has 0 saturated carbocycles. The second-order valence-electron chi connectivity index (χ2n) is 14.0. The molecule has 7 rings (SSSR count). The lowest BCUT2D eigenvalue weighted by molar-refractivity contribution is -0.384. The number of rotatable bonds is 15. The summed E-state index contributed by atoms with van der Waals surface area (Å²) in [7, 11) is 1.60. The van der Waals surface area contributed by atoms with Gasteiger partial charge in [0, 0.05) is 36.5 Å². The van der Waals surface area contributed by atoms with Gasteiger partial charge in [-0.2, -0.15) is 4.98 Å². The second kappa shape index (κ2) is 17.6. The number of nitrogens with one attached hydrogen (secondary N) is 2. The summed E-state index contributed by atoms with van der Waals surface area (Å²) in [6.45, 7) is 2.83. The van der Waals surface area contributed by atoms with E-state index in [2.05, 4.69) is 20.3 Å².